The number of hydrogen-bond donors (Lipinski definition) is 3. The fourth-order valence-corrected chi connectivity index (χ4v) is 4.20. The third-order valence-corrected chi connectivity index (χ3v) is 6.72. The lowest BCUT2D eigenvalue weighted by atomic mass is 10.1. The summed E-state index contributed by atoms with van der Waals surface area (Å²) in [5.74, 6) is -1.16. The third-order valence-electron chi connectivity index (χ3n) is 5.28. The fourth-order valence-electron chi connectivity index (χ4n) is 3.15. The zero-order valence-corrected chi connectivity index (χ0v) is 20.8. The Balaban J connectivity index is 2.11. The molecule has 9 heteroatoms. The first-order chi connectivity index (χ1) is 16.1. The van der Waals surface area contributed by atoms with Gasteiger partial charge in [-0.15, -0.1) is 0 Å². The molecule has 2 rings (SSSR count). The molecule has 0 saturated heterocycles. The standard InChI is InChI=1S/C25H34FN3O4S/c1-4-5-6-19-7-9-20(10-8-19)24(30)29-23(25(31)27-16-15-18(2)3)17-28-34(32,33)22-13-11-21(26)12-14-22/h7-14,18,23,28H,4-6,15-17H2,1-3H3,(H,27,31)(H,29,30)/t23-/m0/s1. The lowest BCUT2D eigenvalue weighted by Crippen LogP contribution is -2.52. The molecule has 0 saturated carbocycles. The van der Waals surface area contributed by atoms with E-state index >= 15 is 0 Å². The molecule has 2 amide bonds. The van der Waals surface area contributed by atoms with E-state index in [1.165, 1.54) is 0 Å². The van der Waals surface area contributed by atoms with Crippen molar-refractivity contribution in [2.75, 3.05) is 13.1 Å². The summed E-state index contributed by atoms with van der Waals surface area (Å²) in [7, 11) is -4.00. The molecule has 0 spiro atoms. The monoisotopic (exact) mass is 491 g/mol. The highest BCUT2D eigenvalue weighted by molar-refractivity contribution is 7.89. The van der Waals surface area contributed by atoms with Crippen LogP contribution in [0.5, 0.6) is 0 Å². The van der Waals surface area contributed by atoms with Crippen molar-refractivity contribution in [3.05, 3.63) is 65.5 Å². The van der Waals surface area contributed by atoms with Crippen LogP contribution in [0.15, 0.2) is 53.4 Å². The Hall–Kier alpha value is -2.78. The molecule has 0 bridgehead atoms. The highest BCUT2D eigenvalue weighted by Crippen LogP contribution is 2.11. The molecule has 2 aromatic rings. The van der Waals surface area contributed by atoms with Gasteiger partial charge in [-0.05, 0) is 67.1 Å². The lowest BCUT2D eigenvalue weighted by molar-refractivity contribution is -0.122. The number of benzene rings is 2. The number of sulfonamides is 1. The third kappa shape index (κ3) is 8.87. The topological polar surface area (TPSA) is 104 Å². The van der Waals surface area contributed by atoms with Crippen molar-refractivity contribution in [1.29, 1.82) is 0 Å². The van der Waals surface area contributed by atoms with E-state index in [0.29, 0.717) is 18.0 Å². The minimum absolute atomic E-state index is 0.137. The van der Waals surface area contributed by atoms with Crippen LogP contribution >= 0.6 is 0 Å². The normalized spacial score (nSPS) is 12.4. The van der Waals surface area contributed by atoms with Crippen LogP contribution in [-0.2, 0) is 21.2 Å². The Morgan fingerprint density at radius 3 is 2.24 bits per heavy atom. The molecule has 0 aliphatic carbocycles. The van der Waals surface area contributed by atoms with Crippen LogP contribution in [0.25, 0.3) is 0 Å². The van der Waals surface area contributed by atoms with Gasteiger partial charge in [0.05, 0.1) is 4.90 Å². The number of rotatable bonds is 13. The van der Waals surface area contributed by atoms with Gasteiger partial charge in [-0.1, -0.05) is 39.3 Å². The number of nitrogens with one attached hydrogen (secondary N) is 3. The second-order valence-electron chi connectivity index (χ2n) is 8.61. The van der Waals surface area contributed by atoms with Crippen LogP contribution in [0.2, 0.25) is 0 Å². The molecule has 0 unspecified atom stereocenters. The smallest absolute Gasteiger partial charge is 0.251 e. The van der Waals surface area contributed by atoms with E-state index in [-0.39, 0.29) is 11.4 Å². The van der Waals surface area contributed by atoms with Crippen LogP contribution in [0.4, 0.5) is 4.39 Å². The molecular weight excluding hydrogens is 457 g/mol. The molecule has 1 atom stereocenters. The van der Waals surface area contributed by atoms with Crippen LogP contribution in [0.3, 0.4) is 0 Å². The highest BCUT2D eigenvalue weighted by atomic mass is 32.2. The average Bonchev–Trinajstić information content (AvgIpc) is 2.80. The lowest BCUT2D eigenvalue weighted by Gasteiger charge is -2.20. The van der Waals surface area contributed by atoms with Crippen molar-refractivity contribution in [2.24, 2.45) is 5.92 Å². The molecule has 3 N–H and O–H groups in total. The Bertz CT molecular complexity index is 1040. The van der Waals surface area contributed by atoms with E-state index in [4.69, 9.17) is 0 Å². The van der Waals surface area contributed by atoms with Gasteiger partial charge in [0, 0.05) is 18.7 Å². The maximum Gasteiger partial charge on any atom is 0.251 e. The van der Waals surface area contributed by atoms with E-state index in [0.717, 1.165) is 55.5 Å². The van der Waals surface area contributed by atoms with Gasteiger partial charge < -0.3 is 10.6 Å². The Labute approximate surface area is 201 Å². The first-order valence-corrected chi connectivity index (χ1v) is 13.0. The van der Waals surface area contributed by atoms with Crippen LogP contribution in [0, 0.1) is 11.7 Å². The van der Waals surface area contributed by atoms with Crippen LogP contribution < -0.4 is 15.4 Å². The molecule has 0 radical (unpaired) electrons. The van der Waals surface area contributed by atoms with Gasteiger partial charge in [-0.25, -0.2) is 17.5 Å². The summed E-state index contributed by atoms with van der Waals surface area (Å²) in [6.07, 6.45) is 3.79. The van der Waals surface area contributed by atoms with E-state index in [1.54, 1.807) is 12.1 Å². The van der Waals surface area contributed by atoms with Gasteiger partial charge in [0.1, 0.15) is 11.9 Å². The van der Waals surface area contributed by atoms with Gasteiger partial charge in [0.25, 0.3) is 5.91 Å². The summed E-state index contributed by atoms with van der Waals surface area (Å²) in [6.45, 7) is 6.20. The number of amides is 2. The fraction of sp³-hybridized carbons (Fsp3) is 0.440. The molecule has 0 fully saturated rings. The van der Waals surface area contributed by atoms with E-state index in [2.05, 4.69) is 22.3 Å². The summed E-state index contributed by atoms with van der Waals surface area (Å²) in [5, 5.41) is 5.38. The summed E-state index contributed by atoms with van der Waals surface area (Å²) in [4.78, 5) is 25.4. The van der Waals surface area contributed by atoms with Crippen LogP contribution in [-0.4, -0.2) is 39.4 Å². The first-order valence-electron chi connectivity index (χ1n) is 11.5. The molecule has 186 valence electrons. The van der Waals surface area contributed by atoms with Crippen LogP contribution in [0.1, 0.15) is 56.0 Å². The van der Waals surface area contributed by atoms with E-state index in [1.807, 2.05) is 26.0 Å². The molecule has 7 nitrogen and oxygen atoms in total. The van der Waals surface area contributed by atoms with E-state index < -0.39 is 33.7 Å². The maximum absolute atomic E-state index is 13.1. The van der Waals surface area contributed by atoms with Crippen molar-refractivity contribution in [3.63, 3.8) is 0 Å². The summed E-state index contributed by atoms with van der Waals surface area (Å²) in [5.41, 5.74) is 1.50. The Kier molecular flexibility index (Phi) is 10.7. The molecular formula is C25H34FN3O4S. The molecule has 0 heterocycles. The van der Waals surface area contributed by atoms with Crippen molar-refractivity contribution in [2.45, 2.75) is 57.4 Å². The van der Waals surface area contributed by atoms with Gasteiger partial charge in [-0.3, -0.25) is 9.59 Å². The molecule has 34 heavy (non-hydrogen) atoms. The molecule has 0 aromatic heterocycles. The van der Waals surface area contributed by atoms with Crippen molar-refractivity contribution >= 4 is 21.8 Å². The first kappa shape index (κ1) is 27.5. The Morgan fingerprint density at radius 2 is 1.65 bits per heavy atom. The highest BCUT2D eigenvalue weighted by Gasteiger charge is 2.24. The second-order valence-corrected chi connectivity index (χ2v) is 10.4. The van der Waals surface area contributed by atoms with Crippen molar-refractivity contribution in [3.8, 4) is 0 Å². The average molecular weight is 492 g/mol. The predicted molar refractivity (Wildman–Crippen MR) is 130 cm³/mol. The number of hydrogen-bond acceptors (Lipinski definition) is 4. The van der Waals surface area contributed by atoms with Gasteiger partial charge in [0.15, 0.2) is 0 Å². The number of unbranched alkanes of at least 4 members (excludes halogenated alkanes) is 1. The number of aryl methyl sites for hydroxylation is 1. The summed E-state index contributed by atoms with van der Waals surface area (Å²) >= 11 is 0. The van der Waals surface area contributed by atoms with Crippen molar-refractivity contribution in [1.82, 2.24) is 15.4 Å². The largest absolute Gasteiger partial charge is 0.354 e. The number of halogens is 1. The predicted octanol–water partition coefficient (Wildman–Crippen LogP) is 3.41. The minimum atomic E-state index is -4.00. The van der Waals surface area contributed by atoms with Crippen molar-refractivity contribution < 1.29 is 22.4 Å². The van der Waals surface area contributed by atoms with E-state index in [9.17, 15) is 22.4 Å². The Morgan fingerprint density at radius 1 is 1.00 bits per heavy atom. The minimum Gasteiger partial charge on any atom is -0.354 e. The number of carbonyl (C=O) groups excluding carboxylic acids is 2. The van der Waals surface area contributed by atoms with Gasteiger partial charge in [0.2, 0.25) is 15.9 Å². The molecule has 0 aliphatic rings. The zero-order valence-electron chi connectivity index (χ0n) is 19.9. The molecule has 0 aliphatic heterocycles. The second kappa shape index (κ2) is 13.2. The summed E-state index contributed by atoms with van der Waals surface area (Å²) < 4.78 is 40.6. The number of carbonyl (C=O) groups is 2. The summed E-state index contributed by atoms with van der Waals surface area (Å²) in [6, 6.07) is 10.3. The van der Waals surface area contributed by atoms with Gasteiger partial charge >= 0.3 is 0 Å². The molecule has 2 aromatic carbocycles. The zero-order chi connectivity index (χ0) is 25.1. The quantitative estimate of drug-likeness (QED) is 0.399. The van der Waals surface area contributed by atoms with Gasteiger partial charge in [-0.2, -0.15) is 0 Å². The maximum atomic E-state index is 13.1. The SMILES string of the molecule is CCCCc1ccc(C(=O)N[C@@H](CNS(=O)(=O)c2ccc(F)cc2)C(=O)NCCC(C)C)cc1.